The summed E-state index contributed by atoms with van der Waals surface area (Å²) >= 11 is 0. The van der Waals surface area contributed by atoms with Crippen molar-refractivity contribution in [3.05, 3.63) is 6.33 Å². The fraction of sp³-hybridized carbons (Fsp3) is 0.400. The van der Waals surface area contributed by atoms with Gasteiger partial charge in [-0.3, -0.25) is 4.79 Å². The average molecular weight is 247 g/mol. The van der Waals surface area contributed by atoms with Crippen LogP contribution in [0.4, 0.5) is 11.8 Å². The third-order valence-electron chi connectivity index (χ3n) is 2.84. The van der Waals surface area contributed by atoms with Gasteiger partial charge >= 0.3 is 0 Å². The number of carbonyl (C=O) groups is 1. The van der Waals surface area contributed by atoms with Crippen molar-refractivity contribution in [2.24, 2.45) is 0 Å². The first-order valence-electron chi connectivity index (χ1n) is 5.72. The molecule has 4 N–H and O–H groups in total. The van der Waals surface area contributed by atoms with Gasteiger partial charge in [0.2, 0.25) is 11.9 Å². The lowest BCUT2D eigenvalue weighted by Crippen LogP contribution is -2.33. The van der Waals surface area contributed by atoms with E-state index in [0.717, 1.165) is 13.0 Å². The highest BCUT2D eigenvalue weighted by atomic mass is 16.2. The van der Waals surface area contributed by atoms with Gasteiger partial charge in [0.15, 0.2) is 11.5 Å². The van der Waals surface area contributed by atoms with Crippen molar-refractivity contribution < 1.29 is 4.79 Å². The third kappa shape index (κ3) is 1.81. The number of nitrogens with two attached hydrogens (primary N) is 1. The van der Waals surface area contributed by atoms with E-state index in [2.05, 4.69) is 25.3 Å². The lowest BCUT2D eigenvalue weighted by molar-refractivity contribution is -0.119. The summed E-state index contributed by atoms with van der Waals surface area (Å²) in [6.45, 7) is 1.69. The van der Waals surface area contributed by atoms with Crippen LogP contribution < -0.4 is 16.0 Å². The molecule has 0 aromatic carbocycles. The van der Waals surface area contributed by atoms with Crippen LogP contribution in [0.15, 0.2) is 6.33 Å². The number of aromatic amines is 1. The van der Waals surface area contributed by atoms with Crippen LogP contribution in [0.5, 0.6) is 0 Å². The SMILES string of the molecule is Nc1nc(N2CCCNC(=O)C2)c2[nH]cnc2n1. The molecule has 18 heavy (non-hydrogen) atoms. The van der Waals surface area contributed by atoms with E-state index in [1.54, 1.807) is 6.33 Å². The molecule has 94 valence electrons. The Morgan fingerprint density at radius 2 is 2.28 bits per heavy atom. The molecule has 3 rings (SSSR count). The molecule has 1 aliphatic rings. The van der Waals surface area contributed by atoms with E-state index >= 15 is 0 Å². The number of imidazole rings is 1. The maximum atomic E-state index is 11.6. The normalized spacial score (nSPS) is 16.7. The number of rotatable bonds is 1. The summed E-state index contributed by atoms with van der Waals surface area (Å²) in [5, 5.41) is 2.82. The number of nitrogen functional groups attached to an aromatic ring is 1. The number of hydrogen-bond acceptors (Lipinski definition) is 6. The van der Waals surface area contributed by atoms with E-state index in [0.29, 0.717) is 23.5 Å². The molecule has 0 spiro atoms. The number of hydrogen-bond donors (Lipinski definition) is 3. The van der Waals surface area contributed by atoms with Gasteiger partial charge in [-0.2, -0.15) is 9.97 Å². The topological polar surface area (TPSA) is 113 Å². The second-order valence-corrected chi connectivity index (χ2v) is 4.13. The van der Waals surface area contributed by atoms with Gasteiger partial charge in [0.25, 0.3) is 0 Å². The van der Waals surface area contributed by atoms with Crippen molar-refractivity contribution in [2.75, 3.05) is 30.3 Å². The quantitative estimate of drug-likeness (QED) is 0.612. The van der Waals surface area contributed by atoms with Gasteiger partial charge in [0.05, 0.1) is 12.9 Å². The number of aromatic nitrogens is 4. The first-order chi connectivity index (χ1) is 8.74. The highest BCUT2D eigenvalue weighted by Gasteiger charge is 2.20. The van der Waals surface area contributed by atoms with Gasteiger partial charge in [-0.25, -0.2) is 4.98 Å². The van der Waals surface area contributed by atoms with Crippen molar-refractivity contribution in [1.29, 1.82) is 0 Å². The Labute approximate surface area is 103 Å². The third-order valence-corrected chi connectivity index (χ3v) is 2.84. The van der Waals surface area contributed by atoms with Crippen LogP contribution in [0.1, 0.15) is 6.42 Å². The molecule has 1 aliphatic heterocycles. The lowest BCUT2D eigenvalue weighted by Gasteiger charge is -2.20. The minimum absolute atomic E-state index is 0.0163. The standard InChI is InChI=1S/C10H13N7O/c11-10-15-8-7(13-5-14-8)9(16-10)17-3-1-2-12-6(18)4-17/h5H,1-4H2,(H,12,18)(H3,11,13,14,15,16). The van der Waals surface area contributed by atoms with Crippen molar-refractivity contribution in [2.45, 2.75) is 6.42 Å². The smallest absolute Gasteiger partial charge is 0.239 e. The summed E-state index contributed by atoms with van der Waals surface area (Å²) in [6, 6.07) is 0. The second kappa shape index (κ2) is 4.13. The van der Waals surface area contributed by atoms with E-state index in [9.17, 15) is 4.79 Å². The van der Waals surface area contributed by atoms with E-state index in [1.807, 2.05) is 4.90 Å². The van der Waals surface area contributed by atoms with Crippen molar-refractivity contribution in [1.82, 2.24) is 25.3 Å². The van der Waals surface area contributed by atoms with Crippen LogP contribution in [-0.2, 0) is 4.79 Å². The molecule has 1 amide bonds. The minimum atomic E-state index is -0.0163. The molecule has 8 nitrogen and oxygen atoms in total. The molecular weight excluding hydrogens is 234 g/mol. The van der Waals surface area contributed by atoms with Crippen LogP contribution in [0, 0.1) is 0 Å². The number of anilines is 2. The average Bonchev–Trinajstić information content (AvgIpc) is 2.69. The van der Waals surface area contributed by atoms with Gasteiger partial charge in [-0.15, -0.1) is 0 Å². The molecule has 0 radical (unpaired) electrons. The molecule has 0 bridgehead atoms. The molecule has 1 fully saturated rings. The van der Waals surface area contributed by atoms with Gasteiger partial charge in [0, 0.05) is 13.1 Å². The highest BCUT2D eigenvalue weighted by Crippen LogP contribution is 2.22. The number of nitrogens with zero attached hydrogens (tertiary/aromatic N) is 4. The number of carbonyl (C=O) groups excluding carboxylic acids is 1. The highest BCUT2D eigenvalue weighted by molar-refractivity contribution is 5.88. The first kappa shape index (κ1) is 10.8. The lowest BCUT2D eigenvalue weighted by atomic mass is 10.3. The Kier molecular flexibility index (Phi) is 2.47. The summed E-state index contributed by atoms with van der Waals surface area (Å²) in [6.07, 6.45) is 2.41. The summed E-state index contributed by atoms with van der Waals surface area (Å²) in [4.78, 5) is 28.8. The fourth-order valence-corrected chi connectivity index (χ4v) is 2.05. The van der Waals surface area contributed by atoms with Crippen LogP contribution in [0.3, 0.4) is 0 Å². The van der Waals surface area contributed by atoms with E-state index < -0.39 is 0 Å². The zero-order chi connectivity index (χ0) is 12.5. The largest absolute Gasteiger partial charge is 0.368 e. The van der Waals surface area contributed by atoms with Gasteiger partial charge in [-0.05, 0) is 6.42 Å². The van der Waals surface area contributed by atoms with Crippen LogP contribution in [-0.4, -0.2) is 45.5 Å². The molecular formula is C10H13N7O. The van der Waals surface area contributed by atoms with Crippen molar-refractivity contribution in [3.63, 3.8) is 0 Å². The molecule has 3 heterocycles. The Hall–Kier alpha value is -2.38. The zero-order valence-corrected chi connectivity index (χ0v) is 9.68. The number of nitrogens with one attached hydrogen (secondary N) is 2. The van der Waals surface area contributed by atoms with Gasteiger partial charge < -0.3 is 20.9 Å². The van der Waals surface area contributed by atoms with E-state index in [1.165, 1.54) is 0 Å². The van der Waals surface area contributed by atoms with E-state index in [-0.39, 0.29) is 18.4 Å². The number of fused-ring (bicyclic) bond motifs is 1. The molecule has 0 unspecified atom stereocenters. The Bertz CT molecular complexity index is 593. The van der Waals surface area contributed by atoms with Gasteiger partial charge in [-0.1, -0.05) is 0 Å². The Morgan fingerprint density at radius 1 is 1.39 bits per heavy atom. The monoisotopic (exact) mass is 247 g/mol. The Balaban J connectivity index is 2.06. The molecule has 0 aliphatic carbocycles. The maximum absolute atomic E-state index is 11.6. The zero-order valence-electron chi connectivity index (χ0n) is 9.68. The van der Waals surface area contributed by atoms with Gasteiger partial charge in [0.1, 0.15) is 5.52 Å². The molecule has 1 saturated heterocycles. The number of H-pyrrole nitrogens is 1. The first-order valence-corrected chi connectivity index (χ1v) is 5.72. The van der Waals surface area contributed by atoms with Crippen LogP contribution in [0.2, 0.25) is 0 Å². The summed E-state index contributed by atoms with van der Waals surface area (Å²) in [7, 11) is 0. The summed E-state index contributed by atoms with van der Waals surface area (Å²) in [5.74, 6) is 0.777. The summed E-state index contributed by atoms with van der Waals surface area (Å²) in [5.41, 5.74) is 6.88. The summed E-state index contributed by atoms with van der Waals surface area (Å²) < 4.78 is 0. The van der Waals surface area contributed by atoms with Crippen molar-refractivity contribution in [3.8, 4) is 0 Å². The Morgan fingerprint density at radius 3 is 3.17 bits per heavy atom. The van der Waals surface area contributed by atoms with E-state index in [4.69, 9.17) is 5.73 Å². The molecule has 0 saturated carbocycles. The molecule has 2 aromatic heterocycles. The predicted molar refractivity (Wildman–Crippen MR) is 65.9 cm³/mol. The molecule has 0 atom stereocenters. The number of amides is 1. The fourth-order valence-electron chi connectivity index (χ4n) is 2.05. The van der Waals surface area contributed by atoms with Crippen LogP contribution in [0.25, 0.3) is 11.2 Å². The van der Waals surface area contributed by atoms with Crippen molar-refractivity contribution >= 4 is 28.8 Å². The molecule has 8 heteroatoms. The maximum Gasteiger partial charge on any atom is 0.239 e. The minimum Gasteiger partial charge on any atom is -0.368 e. The second-order valence-electron chi connectivity index (χ2n) is 4.13. The predicted octanol–water partition coefficient (Wildman–Crippen LogP) is -0.739. The molecule has 2 aromatic rings. The van der Waals surface area contributed by atoms with Crippen LogP contribution >= 0.6 is 0 Å².